The highest BCUT2D eigenvalue weighted by Gasteiger charge is 2.11. The molecule has 0 saturated heterocycles. The Labute approximate surface area is 202 Å². The summed E-state index contributed by atoms with van der Waals surface area (Å²) in [5.74, 6) is 1.55. The first-order valence-corrected chi connectivity index (χ1v) is 12.8. The highest BCUT2D eigenvalue weighted by molar-refractivity contribution is 7.99. The molecule has 1 amide bonds. The number of thioether (sulfide) groups is 2. The molecular formula is C26H27N3O2S2. The lowest BCUT2D eigenvalue weighted by Gasteiger charge is -2.14. The molecule has 4 aromatic rings. The fourth-order valence-corrected chi connectivity index (χ4v) is 5.30. The number of fused-ring (bicyclic) bond motifs is 1. The molecule has 0 aliphatic carbocycles. The van der Waals surface area contributed by atoms with Crippen molar-refractivity contribution in [3.05, 3.63) is 89.5 Å². The zero-order valence-electron chi connectivity index (χ0n) is 18.7. The standard InChI is InChI=1S/C26H27N3O2S2/c1-18-21(17-33-25-28-22-12-6-7-13-23(22)29-25)11-8-14-24(18)32-16-15-31-26(30)27-19(2)20-9-4-3-5-10-20/h3-14,19H,15-17H2,1-2H3,(H,27,30)(H,28,29). The van der Waals surface area contributed by atoms with E-state index in [4.69, 9.17) is 4.74 Å². The van der Waals surface area contributed by atoms with Gasteiger partial charge in [0, 0.05) is 16.4 Å². The van der Waals surface area contributed by atoms with Crippen LogP contribution in [0.3, 0.4) is 0 Å². The third kappa shape index (κ3) is 6.33. The Morgan fingerprint density at radius 3 is 2.64 bits per heavy atom. The third-order valence-electron chi connectivity index (χ3n) is 5.34. The predicted molar refractivity (Wildman–Crippen MR) is 137 cm³/mol. The van der Waals surface area contributed by atoms with Crippen molar-refractivity contribution in [2.24, 2.45) is 0 Å². The molecule has 0 fully saturated rings. The van der Waals surface area contributed by atoms with E-state index >= 15 is 0 Å². The number of H-pyrrole nitrogens is 1. The fraction of sp³-hybridized carbons (Fsp3) is 0.231. The van der Waals surface area contributed by atoms with E-state index in [1.165, 1.54) is 16.0 Å². The fourth-order valence-electron chi connectivity index (χ4n) is 3.45. The van der Waals surface area contributed by atoms with Gasteiger partial charge < -0.3 is 15.0 Å². The molecule has 2 N–H and O–H groups in total. The second-order valence-electron chi connectivity index (χ2n) is 7.65. The van der Waals surface area contributed by atoms with Crippen LogP contribution in [0.1, 0.15) is 29.7 Å². The highest BCUT2D eigenvalue weighted by atomic mass is 32.2. The van der Waals surface area contributed by atoms with E-state index in [2.05, 4.69) is 40.4 Å². The summed E-state index contributed by atoms with van der Waals surface area (Å²) in [6.07, 6.45) is -0.389. The SMILES string of the molecule is Cc1c(CSc2nc3ccccc3[nH]2)cccc1SCCOC(=O)NC(C)c1ccccc1. The lowest BCUT2D eigenvalue weighted by Crippen LogP contribution is -2.28. The number of hydrogen-bond acceptors (Lipinski definition) is 5. The Morgan fingerprint density at radius 1 is 1.03 bits per heavy atom. The number of ether oxygens (including phenoxy) is 1. The van der Waals surface area contributed by atoms with Gasteiger partial charge in [0.25, 0.3) is 0 Å². The summed E-state index contributed by atoms with van der Waals surface area (Å²) in [7, 11) is 0. The number of para-hydroxylation sites is 2. The molecule has 0 aliphatic heterocycles. The quantitative estimate of drug-likeness (QED) is 0.206. The van der Waals surface area contributed by atoms with Gasteiger partial charge in [-0.3, -0.25) is 0 Å². The first-order valence-electron chi connectivity index (χ1n) is 10.9. The average Bonchev–Trinajstić information content (AvgIpc) is 3.25. The molecule has 5 nitrogen and oxygen atoms in total. The third-order valence-corrected chi connectivity index (χ3v) is 7.38. The molecule has 0 bridgehead atoms. The van der Waals surface area contributed by atoms with E-state index in [0.29, 0.717) is 12.4 Å². The van der Waals surface area contributed by atoms with Gasteiger partial charge in [-0.25, -0.2) is 9.78 Å². The minimum Gasteiger partial charge on any atom is -0.449 e. The number of hydrogen-bond donors (Lipinski definition) is 2. The van der Waals surface area contributed by atoms with Crippen LogP contribution >= 0.6 is 23.5 Å². The summed E-state index contributed by atoms with van der Waals surface area (Å²) in [5, 5.41) is 3.80. The molecular weight excluding hydrogens is 450 g/mol. The number of alkyl carbamates (subject to hydrolysis) is 1. The molecule has 1 unspecified atom stereocenters. The van der Waals surface area contributed by atoms with Crippen LogP contribution in [-0.2, 0) is 10.5 Å². The van der Waals surface area contributed by atoms with Crippen molar-refractivity contribution in [1.29, 1.82) is 0 Å². The van der Waals surface area contributed by atoms with E-state index in [-0.39, 0.29) is 12.1 Å². The van der Waals surface area contributed by atoms with E-state index < -0.39 is 0 Å². The molecule has 170 valence electrons. The number of nitrogens with one attached hydrogen (secondary N) is 2. The van der Waals surface area contributed by atoms with Crippen molar-refractivity contribution >= 4 is 40.7 Å². The molecule has 0 aliphatic rings. The molecule has 7 heteroatoms. The van der Waals surface area contributed by atoms with Crippen molar-refractivity contribution in [2.75, 3.05) is 12.4 Å². The number of aromatic amines is 1. The largest absolute Gasteiger partial charge is 0.449 e. The maximum atomic E-state index is 12.1. The normalized spacial score (nSPS) is 11.9. The first kappa shape index (κ1) is 23.3. The second-order valence-corrected chi connectivity index (χ2v) is 9.75. The smallest absolute Gasteiger partial charge is 0.407 e. The van der Waals surface area contributed by atoms with Crippen LogP contribution in [0.15, 0.2) is 82.8 Å². The van der Waals surface area contributed by atoms with Gasteiger partial charge in [-0.2, -0.15) is 0 Å². The van der Waals surface area contributed by atoms with Crippen molar-refractivity contribution in [3.63, 3.8) is 0 Å². The number of carbonyl (C=O) groups excluding carboxylic acids is 1. The van der Waals surface area contributed by atoms with Crippen LogP contribution in [0.4, 0.5) is 4.79 Å². The number of imidazole rings is 1. The molecule has 1 atom stereocenters. The Hall–Kier alpha value is -2.90. The van der Waals surface area contributed by atoms with Gasteiger partial charge >= 0.3 is 6.09 Å². The second kappa shape index (κ2) is 11.3. The number of rotatable bonds is 9. The molecule has 0 saturated carbocycles. The van der Waals surface area contributed by atoms with Crippen LogP contribution in [0, 0.1) is 6.92 Å². The van der Waals surface area contributed by atoms with Crippen LogP contribution in [0.2, 0.25) is 0 Å². The molecule has 0 radical (unpaired) electrons. The maximum absolute atomic E-state index is 12.1. The summed E-state index contributed by atoms with van der Waals surface area (Å²) >= 11 is 3.41. The Morgan fingerprint density at radius 2 is 1.82 bits per heavy atom. The first-order chi connectivity index (χ1) is 16.1. The number of benzene rings is 3. The van der Waals surface area contributed by atoms with Crippen molar-refractivity contribution in [2.45, 2.75) is 35.7 Å². The lowest BCUT2D eigenvalue weighted by molar-refractivity contribution is 0.150. The summed E-state index contributed by atoms with van der Waals surface area (Å²) in [5.41, 5.74) is 5.64. The van der Waals surface area contributed by atoms with Crippen LogP contribution in [0.5, 0.6) is 0 Å². The number of carbonyl (C=O) groups is 1. The van der Waals surface area contributed by atoms with Gasteiger partial charge in [0.1, 0.15) is 6.61 Å². The van der Waals surface area contributed by atoms with Gasteiger partial charge in [-0.15, -0.1) is 11.8 Å². The van der Waals surface area contributed by atoms with Gasteiger partial charge in [0.15, 0.2) is 5.16 Å². The lowest BCUT2D eigenvalue weighted by atomic mass is 10.1. The van der Waals surface area contributed by atoms with Gasteiger partial charge in [0.2, 0.25) is 0 Å². The van der Waals surface area contributed by atoms with E-state index in [1.807, 2.05) is 61.5 Å². The monoisotopic (exact) mass is 477 g/mol. The maximum Gasteiger partial charge on any atom is 0.407 e. The molecule has 4 rings (SSSR count). The van der Waals surface area contributed by atoms with E-state index in [0.717, 1.165) is 27.5 Å². The summed E-state index contributed by atoms with van der Waals surface area (Å²) in [4.78, 5) is 21.3. The minimum atomic E-state index is -0.389. The highest BCUT2D eigenvalue weighted by Crippen LogP contribution is 2.29. The Balaban J connectivity index is 1.24. The summed E-state index contributed by atoms with van der Waals surface area (Å²) in [6, 6.07) is 24.2. The minimum absolute atomic E-state index is 0.0884. The number of amides is 1. The topological polar surface area (TPSA) is 67.0 Å². The molecule has 33 heavy (non-hydrogen) atoms. The Bertz CT molecular complexity index is 1180. The molecule has 1 heterocycles. The van der Waals surface area contributed by atoms with E-state index in [1.54, 1.807) is 23.5 Å². The van der Waals surface area contributed by atoms with Gasteiger partial charge in [-0.1, -0.05) is 66.4 Å². The Kier molecular flexibility index (Phi) is 7.96. The van der Waals surface area contributed by atoms with E-state index in [9.17, 15) is 4.79 Å². The zero-order valence-corrected chi connectivity index (χ0v) is 20.3. The summed E-state index contributed by atoms with van der Waals surface area (Å²) < 4.78 is 5.37. The van der Waals surface area contributed by atoms with Crippen LogP contribution in [0.25, 0.3) is 11.0 Å². The summed E-state index contributed by atoms with van der Waals surface area (Å²) in [6.45, 7) is 4.45. The molecule has 0 spiro atoms. The van der Waals surface area contributed by atoms with Gasteiger partial charge in [-0.05, 0) is 48.7 Å². The average molecular weight is 478 g/mol. The molecule has 3 aromatic carbocycles. The van der Waals surface area contributed by atoms with Crippen molar-refractivity contribution in [1.82, 2.24) is 15.3 Å². The molecule has 1 aromatic heterocycles. The van der Waals surface area contributed by atoms with Gasteiger partial charge in [0.05, 0.1) is 17.1 Å². The van der Waals surface area contributed by atoms with Crippen molar-refractivity contribution < 1.29 is 9.53 Å². The van der Waals surface area contributed by atoms with Crippen LogP contribution in [-0.4, -0.2) is 28.4 Å². The van der Waals surface area contributed by atoms with Crippen molar-refractivity contribution in [3.8, 4) is 0 Å². The number of aromatic nitrogens is 2. The predicted octanol–water partition coefficient (Wildman–Crippen LogP) is 6.74. The number of nitrogens with zero attached hydrogens (tertiary/aromatic N) is 1. The zero-order chi connectivity index (χ0) is 23.0. The van der Waals surface area contributed by atoms with Crippen LogP contribution < -0.4 is 5.32 Å².